The molecule has 1 rings (SSSR count). The van der Waals surface area contributed by atoms with Gasteiger partial charge in [-0.1, -0.05) is 20.8 Å². The number of aryl methyl sites for hydroxylation is 1. The number of nitrogens with zero attached hydrogens (tertiary/aromatic N) is 3. The Kier molecular flexibility index (Phi) is 5.38. The van der Waals surface area contributed by atoms with Crippen LogP contribution < -0.4 is 10.5 Å². The minimum Gasteiger partial charge on any atom is -0.493 e. The minimum absolute atomic E-state index is 0.107. The zero-order valence-electron chi connectivity index (χ0n) is 13.1. The molecular weight excluding hydrogens is 240 g/mol. The van der Waals surface area contributed by atoms with Gasteiger partial charge in [-0.05, 0) is 26.4 Å². The SMILES string of the molecule is CCN(CC)C(C)(CC)C(N)c1c(OC)cnn1C. The Balaban J connectivity index is 3.20. The molecule has 0 aliphatic carbocycles. The smallest absolute Gasteiger partial charge is 0.161 e. The van der Waals surface area contributed by atoms with Gasteiger partial charge in [0.1, 0.15) is 0 Å². The van der Waals surface area contributed by atoms with Gasteiger partial charge in [0.25, 0.3) is 0 Å². The number of nitrogens with two attached hydrogens (primary N) is 1. The van der Waals surface area contributed by atoms with Crippen LogP contribution in [-0.2, 0) is 7.05 Å². The van der Waals surface area contributed by atoms with Crippen LogP contribution in [0.1, 0.15) is 45.9 Å². The number of rotatable bonds is 7. The second-order valence-electron chi connectivity index (χ2n) is 5.08. The predicted octanol–water partition coefficient (Wildman–Crippen LogP) is 1.94. The van der Waals surface area contributed by atoms with Crippen molar-refractivity contribution in [2.24, 2.45) is 12.8 Å². The van der Waals surface area contributed by atoms with Crippen LogP contribution in [0.4, 0.5) is 0 Å². The third-order valence-electron chi connectivity index (χ3n) is 4.34. The van der Waals surface area contributed by atoms with Crippen molar-refractivity contribution in [1.29, 1.82) is 0 Å². The lowest BCUT2D eigenvalue weighted by Crippen LogP contribution is -2.53. The van der Waals surface area contributed by atoms with Crippen molar-refractivity contribution in [2.45, 2.75) is 45.7 Å². The van der Waals surface area contributed by atoms with E-state index in [9.17, 15) is 0 Å². The average molecular weight is 268 g/mol. The fourth-order valence-corrected chi connectivity index (χ4v) is 2.82. The van der Waals surface area contributed by atoms with Gasteiger partial charge in [0.2, 0.25) is 0 Å². The van der Waals surface area contributed by atoms with E-state index in [0.29, 0.717) is 0 Å². The molecule has 0 radical (unpaired) electrons. The molecule has 0 aliphatic rings. The monoisotopic (exact) mass is 268 g/mol. The van der Waals surface area contributed by atoms with Crippen molar-refractivity contribution in [2.75, 3.05) is 20.2 Å². The summed E-state index contributed by atoms with van der Waals surface area (Å²) in [5, 5.41) is 4.26. The normalized spacial score (nSPS) is 16.4. The van der Waals surface area contributed by atoms with E-state index in [-0.39, 0.29) is 11.6 Å². The maximum absolute atomic E-state index is 6.58. The fraction of sp³-hybridized carbons (Fsp3) is 0.786. The summed E-state index contributed by atoms with van der Waals surface area (Å²) in [6, 6.07) is -0.139. The van der Waals surface area contributed by atoms with Crippen molar-refractivity contribution in [3.05, 3.63) is 11.9 Å². The van der Waals surface area contributed by atoms with E-state index in [0.717, 1.165) is 31.0 Å². The lowest BCUT2D eigenvalue weighted by molar-refractivity contribution is 0.0807. The van der Waals surface area contributed by atoms with Gasteiger partial charge in [0.05, 0.1) is 25.0 Å². The number of methoxy groups -OCH3 is 1. The predicted molar refractivity (Wildman–Crippen MR) is 78.3 cm³/mol. The summed E-state index contributed by atoms with van der Waals surface area (Å²) >= 11 is 0. The van der Waals surface area contributed by atoms with Crippen LogP contribution in [0, 0.1) is 0 Å². The summed E-state index contributed by atoms with van der Waals surface area (Å²) < 4.78 is 7.21. The zero-order valence-corrected chi connectivity index (χ0v) is 13.1. The van der Waals surface area contributed by atoms with Gasteiger partial charge < -0.3 is 10.5 Å². The Hall–Kier alpha value is -1.07. The molecule has 2 unspecified atom stereocenters. The van der Waals surface area contributed by atoms with Crippen molar-refractivity contribution in [3.8, 4) is 5.75 Å². The molecule has 5 heteroatoms. The molecule has 2 atom stereocenters. The van der Waals surface area contributed by atoms with Crippen LogP contribution in [0.25, 0.3) is 0 Å². The molecule has 1 heterocycles. The molecular formula is C14H28N4O. The average Bonchev–Trinajstić information content (AvgIpc) is 2.79. The lowest BCUT2D eigenvalue weighted by atomic mass is 9.85. The molecule has 0 saturated heterocycles. The Morgan fingerprint density at radius 3 is 2.42 bits per heavy atom. The second kappa shape index (κ2) is 6.39. The topological polar surface area (TPSA) is 56.3 Å². The van der Waals surface area contributed by atoms with Crippen LogP contribution in [0.2, 0.25) is 0 Å². The summed E-state index contributed by atoms with van der Waals surface area (Å²) in [5.74, 6) is 0.766. The molecule has 0 fully saturated rings. The summed E-state index contributed by atoms with van der Waals surface area (Å²) in [4.78, 5) is 2.41. The number of hydrogen-bond donors (Lipinski definition) is 1. The molecule has 0 aliphatic heterocycles. The molecule has 0 amide bonds. The number of aromatic nitrogens is 2. The summed E-state index contributed by atoms with van der Waals surface area (Å²) in [6.45, 7) is 10.7. The van der Waals surface area contributed by atoms with Gasteiger partial charge in [0, 0.05) is 12.6 Å². The molecule has 1 aromatic heterocycles. The van der Waals surface area contributed by atoms with Crippen LogP contribution in [-0.4, -0.2) is 40.4 Å². The van der Waals surface area contributed by atoms with Crippen LogP contribution in [0.3, 0.4) is 0 Å². The van der Waals surface area contributed by atoms with Gasteiger partial charge in [-0.15, -0.1) is 0 Å². The molecule has 110 valence electrons. The molecule has 1 aromatic rings. The lowest BCUT2D eigenvalue weighted by Gasteiger charge is -2.44. The Labute approximate surface area is 116 Å². The van der Waals surface area contributed by atoms with E-state index >= 15 is 0 Å². The number of hydrogen-bond acceptors (Lipinski definition) is 4. The third kappa shape index (κ3) is 2.77. The third-order valence-corrected chi connectivity index (χ3v) is 4.34. The first-order valence-corrected chi connectivity index (χ1v) is 7.02. The Morgan fingerprint density at radius 1 is 1.42 bits per heavy atom. The number of likely N-dealkylation sites (N-methyl/N-ethyl adjacent to an activating group) is 1. The highest BCUT2D eigenvalue weighted by Crippen LogP contribution is 2.36. The highest BCUT2D eigenvalue weighted by Gasteiger charge is 2.38. The first-order chi connectivity index (χ1) is 8.96. The van der Waals surface area contributed by atoms with Crippen LogP contribution in [0.15, 0.2) is 6.20 Å². The van der Waals surface area contributed by atoms with E-state index < -0.39 is 0 Å². The highest BCUT2D eigenvalue weighted by molar-refractivity contribution is 5.30. The maximum atomic E-state index is 6.58. The molecule has 2 N–H and O–H groups in total. The zero-order chi connectivity index (χ0) is 14.6. The standard InChI is InChI=1S/C14H28N4O/c1-7-14(4,18(8-2)9-3)13(15)12-11(19-6)10-16-17(12)5/h10,13H,7-9,15H2,1-6H3. The Bertz CT molecular complexity index is 400. The molecule has 0 bridgehead atoms. The summed E-state index contributed by atoms with van der Waals surface area (Å²) in [7, 11) is 3.57. The van der Waals surface area contributed by atoms with Crippen LogP contribution in [0.5, 0.6) is 5.75 Å². The highest BCUT2D eigenvalue weighted by atomic mass is 16.5. The maximum Gasteiger partial charge on any atom is 0.161 e. The van der Waals surface area contributed by atoms with Crippen molar-refractivity contribution in [1.82, 2.24) is 14.7 Å². The molecule has 0 spiro atoms. The molecule has 0 aromatic carbocycles. The number of ether oxygens (including phenoxy) is 1. The molecule has 19 heavy (non-hydrogen) atoms. The van der Waals surface area contributed by atoms with E-state index in [1.807, 2.05) is 11.7 Å². The van der Waals surface area contributed by atoms with Crippen molar-refractivity contribution < 1.29 is 4.74 Å². The summed E-state index contributed by atoms with van der Waals surface area (Å²) in [5.41, 5.74) is 7.43. The summed E-state index contributed by atoms with van der Waals surface area (Å²) in [6.07, 6.45) is 2.71. The van der Waals surface area contributed by atoms with E-state index in [1.54, 1.807) is 13.3 Å². The fourth-order valence-electron chi connectivity index (χ4n) is 2.82. The van der Waals surface area contributed by atoms with Gasteiger partial charge in [0.15, 0.2) is 5.75 Å². The van der Waals surface area contributed by atoms with Crippen molar-refractivity contribution in [3.63, 3.8) is 0 Å². The quantitative estimate of drug-likeness (QED) is 0.821. The van der Waals surface area contributed by atoms with E-state index in [2.05, 4.69) is 37.7 Å². The first-order valence-electron chi connectivity index (χ1n) is 7.02. The van der Waals surface area contributed by atoms with Crippen LogP contribution >= 0.6 is 0 Å². The van der Waals surface area contributed by atoms with E-state index in [1.165, 1.54) is 0 Å². The van der Waals surface area contributed by atoms with Gasteiger partial charge >= 0.3 is 0 Å². The minimum atomic E-state index is -0.139. The van der Waals surface area contributed by atoms with Gasteiger partial charge in [-0.25, -0.2) is 0 Å². The van der Waals surface area contributed by atoms with E-state index in [4.69, 9.17) is 10.5 Å². The van der Waals surface area contributed by atoms with Gasteiger partial charge in [-0.2, -0.15) is 5.10 Å². The Morgan fingerprint density at radius 2 is 2.00 bits per heavy atom. The molecule has 0 saturated carbocycles. The first kappa shape index (κ1) is 16.0. The second-order valence-corrected chi connectivity index (χ2v) is 5.08. The van der Waals surface area contributed by atoms with Gasteiger partial charge in [-0.3, -0.25) is 9.58 Å². The molecule has 5 nitrogen and oxygen atoms in total. The largest absolute Gasteiger partial charge is 0.493 e. The van der Waals surface area contributed by atoms with Crippen molar-refractivity contribution >= 4 is 0 Å².